The zero-order chi connectivity index (χ0) is 16.9. The van der Waals surface area contributed by atoms with Gasteiger partial charge in [0, 0.05) is 32.1 Å². The molecule has 2 bridgehead atoms. The second-order valence-electron chi connectivity index (χ2n) is 7.07. The highest BCUT2D eigenvalue weighted by Crippen LogP contribution is 2.49. The summed E-state index contributed by atoms with van der Waals surface area (Å²) in [5.41, 5.74) is 0. The molecule has 2 heterocycles. The number of halogens is 1. The second kappa shape index (κ2) is 6.27. The Hall–Kier alpha value is -0.630. The molecule has 0 radical (unpaired) electrons. The van der Waals surface area contributed by atoms with Gasteiger partial charge in [0.25, 0.3) is 10.0 Å². The lowest BCUT2D eigenvalue weighted by atomic mass is 9.87. The van der Waals surface area contributed by atoms with Crippen LogP contribution in [0.25, 0.3) is 0 Å². The van der Waals surface area contributed by atoms with E-state index in [2.05, 4.69) is 0 Å². The van der Waals surface area contributed by atoms with Crippen LogP contribution in [-0.4, -0.2) is 49.7 Å². The molecular formula is C16H21ClN2O3S2. The summed E-state index contributed by atoms with van der Waals surface area (Å²) in [6.45, 7) is 1.71. The van der Waals surface area contributed by atoms with E-state index in [9.17, 15) is 13.2 Å². The molecule has 3 atom stereocenters. The summed E-state index contributed by atoms with van der Waals surface area (Å²) in [6.07, 6.45) is 4.72. The van der Waals surface area contributed by atoms with E-state index in [4.69, 9.17) is 11.6 Å². The standard InChI is InChI=1S/C16H21ClN2O3S2/c17-14-3-4-15(23-14)24(21,22)19-7-5-18(6-8-19)16(20)13-10-11-1-2-12(13)9-11/h3-4,11-13H,1-2,5-10H2. The van der Waals surface area contributed by atoms with Gasteiger partial charge in [-0.1, -0.05) is 18.0 Å². The Morgan fingerprint density at radius 2 is 1.88 bits per heavy atom. The molecule has 4 rings (SSSR count). The van der Waals surface area contributed by atoms with E-state index in [1.54, 1.807) is 12.1 Å². The highest BCUT2D eigenvalue weighted by atomic mass is 35.5. The molecule has 2 saturated carbocycles. The van der Waals surface area contributed by atoms with Crippen molar-refractivity contribution in [2.24, 2.45) is 17.8 Å². The van der Waals surface area contributed by atoms with Gasteiger partial charge in [-0.3, -0.25) is 4.79 Å². The summed E-state index contributed by atoms with van der Waals surface area (Å²) in [5, 5.41) is 0. The minimum Gasteiger partial charge on any atom is -0.340 e. The summed E-state index contributed by atoms with van der Waals surface area (Å²) in [7, 11) is -3.49. The average Bonchev–Trinajstić information content (AvgIpc) is 3.31. The first-order valence-corrected chi connectivity index (χ1v) is 11.1. The van der Waals surface area contributed by atoms with Gasteiger partial charge in [-0.15, -0.1) is 11.3 Å². The lowest BCUT2D eigenvalue weighted by molar-refractivity contribution is -0.138. The maximum absolute atomic E-state index is 12.8. The molecule has 3 unspecified atom stereocenters. The van der Waals surface area contributed by atoms with E-state index in [-0.39, 0.29) is 16.0 Å². The van der Waals surface area contributed by atoms with Crippen molar-refractivity contribution in [3.05, 3.63) is 16.5 Å². The summed E-state index contributed by atoms with van der Waals surface area (Å²) in [5.74, 6) is 1.74. The predicted molar refractivity (Wildman–Crippen MR) is 93.6 cm³/mol. The van der Waals surface area contributed by atoms with Crippen molar-refractivity contribution in [1.29, 1.82) is 0 Å². The number of sulfonamides is 1. The van der Waals surface area contributed by atoms with Gasteiger partial charge in [-0.25, -0.2) is 8.42 Å². The number of carbonyl (C=O) groups excluding carboxylic acids is 1. The van der Waals surface area contributed by atoms with Crippen molar-refractivity contribution >= 4 is 38.9 Å². The number of fused-ring (bicyclic) bond motifs is 2. The third-order valence-electron chi connectivity index (χ3n) is 5.75. The van der Waals surface area contributed by atoms with E-state index >= 15 is 0 Å². The van der Waals surface area contributed by atoms with Gasteiger partial charge < -0.3 is 4.90 Å². The SMILES string of the molecule is O=C(C1CC2CCC1C2)N1CCN(S(=O)(=O)c2ccc(Cl)s2)CC1. The lowest BCUT2D eigenvalue weighted by Gasteiger charge is -2.36. The molecule has 3 aliphatic rings. The quantitative estimate of drug-likeness (QED) is 0.799. The Labute approximate surface area is 151 Å². The number of thiophene rings is 1. The smallest absolute Gasteiger partial charge is 0.252 e. The van der Waals surface area contributed by atoms with Crippen LogP contribution in [0.3, 0.4) is 0 Å². The molecule has 1 aliphatic heterocycles. The molecular weight excluding hydrogens is 368 g/mol. The number of hydrogen-bond acceptors (Lipinski definition) is 4. The number of amides is 1. The van der Waals surface area contributed by atoms with Crippen molar-refractivity contribution in [2.75, 3.05) is 26.2 Å². The fraction of sp³-hybridized carbons (Fsp3) is 0.688. The highest BCUT2D eigenvalue weighted by Gasteiger charge is 2.45. The van der Waals surface area contributed by atoms with Crippen LogP contribution in [-0.2, 0) is 14.8 Å². The number of rotatable bonds is 3. The molecule has 1 aromatic heterocycles. The summed E-state index contributed by atoms with van der Waals surface area (Å²) < 4.78 is 27.4. The molecule has 1 saturated heterocycles. The van der Waals surface area contributed by atoms with Gasteiger partial charge in [0.2, 0.25) is 5.91 Å². The Morgan fingerprint density at radius 3 is 2.42 bits per heavy atom. The van der Waals surface area contributed by atoms with Gasteiger partial charge in [0.1, 0.15) is 4.21 Å². The van der Waals surface area contributed by atoms with Crippen molar-refractivity contribution in [3.8, 4) is 0 Å². The number of piperazine rings is 1. The lowest BCUT2D eigenvalue weighted by Crippen LogP contribution is -2.52. The minimum atomic E-state index is -3.49. The molecule has 1 aromatic rings. The zero-order valence-corrected chi connectivity index (χ0v) is 15.7. The fourth-order valence-electron chi connectivity index (χ4n) is 4.49. The van der Waals surface area contributed by atoms with E-state index in [1.165, 1.54) is 23.6 Å². The van der Waals surface area contributed by atoms with Crippen molar-refractivity contribution in [3.63, 3.8) is 0 Å². The molecule has 2 aliphatic carbocycles. The highest BCUT2D eigenvalue weighted by molar-refractivity contribution is 7.91. The summed E-state index contributed by atoms with van der Waals surface area (Å²) in [6, 6.07) is 3.16. The molecule has 1 amide bonds. The van der Waals surface area contributed by atoms with Gasteiger partial charge in [-0.05, 0) is 43.2 Å². The first-order valence-electron chi connectivity index (χ1n) is 8.49. The van der Waals surface area contributed by atoms with E-state index in [1.807, 2.05) is 4.90 Å². The van der Waals surface area contributed by atoms with Crippen LogP contribution in [0.15, 0.2) is 16.3 Å². The third kappa shape index (κ3) is 2.89. The Morgan fingerprint density at radius 1 is 1.12 bits per heavy atom. The van der Waals surface area contributed by atoms with Gasteiger partial charge >= 0.3 is 0 Å². The maximum atomic E-state index is 12.8. The van der Waals surface area contributed by atoms with Crippen LogP contribution in [0.2, 0.25) is 4.34 Å². The van der Waals surface area contributed by atoms with Crippen molar-refractivity contribution in [2.45, 2.75) is 29.9 Å². The van der Waals surface area contributed by atoms with Crippen molar-refractivity contribution in [1.82, 2.24) is 9.21 Å². The van der Waals surface area contributed by atoms with Gasteiger partial charge in [-0.2, -0.15) is 4.31 Å². The molecule has 5 nitrogen and oxygen atoms in total. The van der Waals surface area contributed by atoms with Crippen LogP contribution < -0.4 is 0 Å². The number of hydrogen-bond donors (Lipinski definition) is 0. The number of carbonyl (C=O) groups is 1. The minimum absolute atomic E-state index is 0.183. The Balaban J connectivity index is 1.39. The monoisotopic (exact) mass is 388 g/mol. The van der Waals surface area contributed by atoms with Crippen LogP contribution >= 0.6 is 22.9 Å². The van der Waals surface area contributed by atoms with Crippen LogP contribution in [0.4, 0.5) is 0 Å². The largest absolute Gasteiger partial charge is 0.340 e. The van der Waals surface area contributed by atoms with E-state index in [0.29, 0.717) is 36.4 Å². The van der Waals surface area contributed by atoms with Crippen LogP contribution in [0.5, 0.6) is 0 Å². The summed E-state index contributed by atoms with van der Waals surface area (Å²) >= 11 is 6.94. The Kier molecular flexibility index (Phi) is 4.39. The molecule has 8 heteroatoms. The maximum Gasteiger partial charge on any atom is 0.252 e. The van der Waals surface area contributed by atoms with Gasteiger partial charge in [0.05, 0.1) is 4.34 Å². The molecule has 132 valence electrons. The van der Waals surface area contributed by atoms with E-state index < -0.39 is 10.0 Å². The molecule has 24 heavy (non-hydrogen) atoms. The normalized spacial score (nSPS) is 30.9. The zero-order valence-electron chi connectivity index (χ0n) is 13.4. The average molecular weight is 389 g/mol. The Bertz CT molecular complexity index is 740. The van der Waals surface area contributed by atoms with Crippen LogP contribution in [0, 0.1) is 17.8 Å². The third-order valence-corrected chi connectivity index (χ3v) is 9.35. The van der Waals surface area contributed by atoms with E-state index in [0.717, 1.165) is 23.7 Å². The van der Waals surface area contributed by atoms with Crippen LogP contribution in [0.1, 0.15) is 25.7 Å². The predicted octanol–water partition coefficient (Wildman–Crippen LogP) is 2.67. The van der Waals surface area contributed by atoms with Gasteiger partial charge in [0.15, 0.2) is 0 Å². The first-order chi connectivity index (χ1) is 11.4. The molecule has 0 aromatic carbocycles. The first kappa shape index (κ1) is 16.8. The molecule has 0 N–H and O–H groups in total. The number of nitrogens with zero attached hydrogens (tertiary/aromatic N) is 2. The van der Waals surface area contributed by atoms with Crippen molar-refractivity contribution < 1.29 is 13.2 Å². The fourth-order valence-corrected chi connectivity index (χ4v) is 7.55. The topological polar surface area (TPSA) is 57.7 Å². The molecule has 3 fully saturated rings. The second-order valence-corrected chi connectivity index (χ2v) is 10.9. The summed E-state index contributed by atoms with van der Waals surface area (Å²) in [4.78, 5) is 14.6. The molecule has 0 spiro atoms.